The second kappa shape index (κ2) is 10.0. The third-order valence-corrected chi connectivity index (χ3v) is 4.07. The normalized spacial score (nSPS) is 22.7. The minimum Gasteiger partial charge on any atom is -0.463 e. The van der Waals surface area contributed by atoms with Gasteiger partial charge in [0.25, 0.3) is 5.91 Å². The number of amides is 1. The van der Waals surface area contributed by atoms with Gasteiger partial charge in [-0.15, -0.1) is 0 Å². The fraction of sp³-hybridized carbons (Fsp3) is 0.789. The third kappa shape index (κ3) is 6.07. The molecule has 26 heavy (non-hydrogen) atoms. The molecule has 150 valence electrons. The Bertz CT molecular complexity index is 498. The first-order valence-corrected chi connectivity index (χ1v) is 9.34. The monoisotopic (exact) mass is 371 g/mol. The molecule has 1 N–H and O–H groups in total. The first-order chi connectivity index (χ1) is 12.2. The number of hydrogen-bond acceptors (Lipinski definition) is 6. The van der Waals surface area contributed by atoms with E-state index in [1.54, 1.807) is 25.7 Å². The van der Waals surface area contributed by atoms with Gasteiger partial charge in [0, 0.05) is 25.1 Å². The number of rotatable bonds is 10. The first kappa shape index (κ1) is 22.6. The van der Waals surface area contributed by atoms with Crippen LogP contribution < -0.4 is 0 Å². The lowest BCUT2D eigenvalue weighted by atomic mass is 10.00. The van der Waals surface area contributed by atoms with Crippen molar-refractivity contribution in [3.8, 4) is 0 Å². The average Bonchev–Trinajstić information content (AvgIpc) is 2.90. The number of carbonyl (C=O) groups is 2. The molecule has 0 aliphatic carbocycles. The molecule has 1 fully saturated rings. The number of aliphatic hydroxyl groups is 1. The summed E-state index contributed by atoms with van der Waals surface area (Å²) in [6.07, 6.45) is -1.29. The minimum atomic E-state index is -1.10. The predicted octanol–water partition coefficient (Wildman–Crippen LogP) is 2.03. The summed E-state index contributed by atoms with van der Waals surface area (Å²) in [5, 5.41) is 10.6. The van der Waals surface area contributed by atoms with E-state index in [2.05, 4.69) is 6.58 Å². The highest BCUT2D eigenvalue weighted by Gasteiger charge is 2.49. The van der Waals surface area contributed by atoms with Crippen LogP contribution in [0.15, 0.2) is 12.2 Å². The van der Waals surface area contributed by atoms with Gasteiger partial charge < -0.3 is 24.2 Å². The van der Waals surface area contributed by atoms with Crippen molar-refractivity contribution in [3.63, 3.8) is 0 Å². The predicted molar refractivity (Wildman–Crippen MR) is 97.4 cm³/mol. The smallest absolute Gasteiger partial charge is 0.333 e. The van der Waals surface area contributed by atoms with Gasteiger partial charge in [-0.25, -0.2) is 4.79 Å². The Morgan fingerprint density at radius 1 is 1.19 bits per heavy atom. The van der Waals surface area contributed by atoms with Crippen LogP contribution in [0.5, 0.6) is 0 Å². The Labute approximate surface area is 156 Å². The van der Waals surface area contributed by atoms with E-state index in [0.717, 1.165) is 12.8 Å². The zero-order chi connectivity index (χ0) is 19.9. The van der Waals surface area contributed by atoms with E-state index >= 15 is 0 Å². The van der Waals surface area contributed by atoms with Gasteiger partial charge in [0.1, 0.15) is 6.10 Å². The Balaban J connectivity index is 2.90. The molecule has 0 unspecified atom stereocenters. The molecule has 1 saturated heterocycles. The summed E-state index contributed by atoms with van der Waals surface area (Å²) in [6.45, 7) is 14.2. The van der Waals surface area contributed by atoms with Crippen molar-refractivity contribution >= 4 is 11.9 Å². The highest BCUT2D eigenvalue weighted by Crippen LogP contribution is 2.32. The highest BCUT2D eigenvalue weighted by molar-refractivity contribution is 5.87. The fourth-order valence-electron chi connectivity index (χ4n) is 3.00. The van der Waals surface area contributed by atoms with Gasteiger partial charge in [0.05, 0.1) is 12.7 Å². The second-order valence-electron chi connectivity index (χ2n) is 6.94. The van der Waals surface area contributed by atoms with Crippen molar-refractivity contribution in [1.29, 1.82) is 0 Å². The van der Waals surface area contributed by atoms with E-state index < -0.39 is 30.1 Å². The summed E-state index contributed by atoms with van der Waals surface area (Å²) in [4.78, 5) is 26.4. The summed E-state index contributed by atoms with van der Waals surface area (Å²) < 4.78 is 16.5. The lowest BCUT2D eigenvalue weighted by Crippen LogP contribution is -2.48. The summed E-state index contributed by atoms with van der Waals surface area (Å²) in [6, 6.07) is 0. The van der Waals surface area contributed by atoms with Crippen molar-refractivity contribution in [2.24, 2.45) is 0 Å². The molecule has 1 amide bonds. The lowest BCUT2D eigenvalue weighted by molar-refractivity contribution is -0.164. The molecule has 0 radical (unpaired) electrons. The van der Waals surface area contributed by atoms with Crippen molar-refractivity contribution in [3.05, 3.63) is 12.2 Å². The molecular weight excluding hydrogens is 338 g/mol. The highest BCUT2D eigenvalue weighted by atomic mass is 16.8. The van der Waals surface area contributed by atoms with E-state index in [0.29, 0.717) is 13.1 Å². The molecular formula is C19H33NO6. The number of hydrogen-bond donors (Lipinski definition) is 1. The van der Waals surface area contributed by atoms with Gasteiger partial charge in [-0.2, -0.15) is 0 Å². The van der Waals surface area contributed by atoms with Gasteiger partial charge in [0.2, 0.25) is 0 Å². The lowest BCUT2D eigenvalue weighted by Gasteiger charge is -2.28. The third-order valence-electron chi connectivity index (χ3n) is 4.07. The maximum absolute atomic E-state index is 12.9. The van der Waals surface area contributed by atoms with E-state index in [9.17, 15) is 14.7 Å². The average molecular weight is 371 g/mol. The quantitative estimate of drug-likeness (QED) is 0.467. The maximum Gasteiger partial charge on any atom is 0.333 e. The Kier molecular flexibility index (Phi) is 8.73. The molecule has 1 aliphatic heterocycles. The summed E-state index contributed by atoms with van der Waals surface area (Å²) in [5.41, 5.74) is 0.137. The molecule has 0 aromatic rings. The van der Waals surface area contributed by atoms with Gasteiger partial charge in [0.15, 0.2) is 11.9 Å². The fourth-order valence-corrected chi connectivity index (χ4v) is 3.00. The summed E-state index contributed by atoms with van der Waals surface area (Å²) in [7, 11) is 0. The number of esters is 1. The van der Waals surface area contributed by atoms with Crippen LogP contribution >= 0.6 is 0 Å². The molecule has 7 heteroatoms. The molecule has 1 heterocycles. The van der Waals surface area contributed by atoms with E-state index in [-0.39, 0.29) is 24.5 Å². The van der Waals surface area contributed by atoms with Gasteiger partial charge >= 0.3 is 5.97 Å². The number of ether oxygens (including phenoxy) is 3. The Morgan fingerprint density at radius 3 is 2.27 bits per heavy atom. The van der Waals surface area contributed by atoms with Crippen LogP contribution in [0.2, 0.25) is 0 Å². The molecule has 3 atom stereocenters. The van der Waals surface area contributed by atoms with Gasteiger partial charge in [-0.05, 0) is 33.6 Å². The van der Waals surface area contributed by atoms with Crippen LogP contribution in [-0.2, 0) is 23.8 Å². The molecule has 1 rings (SSSR count). The zero-order valence-electron chi connectivity index (χ0n) is 16.6. The van der Waals surface area contributed by atoms with Crippen LogP contribution in [0, 0.1) is 0 Å². The second-order valence-corrected chi connectivity index (χ2v) is 6.94. The molecule has 0 aromatic carbocycles. The number of aliphatic hydroxyl groups excluding tert-OH is 1. The van der Waals surface area contributed by atoms with Crippen molar-refractivity contribution < 1.29 is 28.9 Å². The van der Waals surface area contributed by atoms with Crippen LogP contribution in [0.25, 0.3) is 0 Å². The maximum atomic E-state index is 12.9. The molecule has 0 aromatic heterocycles. The van der Waals surface area contributed by atoms with Gasteiger partial charge in [-0.3, -0.25) is 4.79 Å². The Morgan fingerprint density at radius 2 is 1.77 bits per heavy atom. The zero-order valence-corrected chi connectivity index (χ0v) is 16.6. The SMILES string of the molecule is C=C(C[C@H](O)[C@H]1OC(C)(C)O[C@H]1C(=O)N(CCC)CCC)C(=O)OCC. The van der Waals surface area contributed by atoms with E-state index in [1.807, 2.05) is 13.8 Å². The van der Waals surface area contributed by atoms with Crippen LogP contribution in [0.1, 0.15) is 53.9 Å². The standard InChI is InChI=1S/C19H33NO6/c1-7-10-20(11-8-2)17(22)16-15(25-19(5,6)26-16)14(21)12-13(4)18(23)24-9-3/h14-16,21H,4,7-12H2,1-3,5-6H3/t14-,15+,16+/m0/s1. The van der Waals surface area contributed by atoms with Crippen LogP contribution in [-0.4, -0.2) is 65.7 Å². The van der Waals surface area contributed by atoms with E-state index in [4.69, 9.17) is 14.2 Å². The van der Waals surface area contributed by atoms with Crippen molar-refractivity contribution in [2.75, 3.05) is 19.7 Å². The van der Waals surface area contributed by atoms with Gasteiger partial charge in [-0.1, -0.05) is 20.4 Å². The number of carbonyl (C=O) groups excluding carboxylic acids is 2. The van der Waals surface area contributed by atoms with Crippen LogP contribution in [0.4, 0.5) is 0 Å². The van der Waals surface area contributed by atoms with Crippen LogP contribution in [0.3, 0.4) is 0 Å². The Hall–Kier alpha value is -1.44. The van der Waals surface area contributed by atoms with E-state index in [1.165, 1.54) is 0 Å². The molecule has 7 nitrogen and oxygen atoms in total. The number of nitrogens with zero attached hydrogens (tertiary/aromatic N) is 1. The minimum absolute atomic E-state index is 0.0473. The molecule has 0 saturated carbocycles. The molecule has 0 bridgehead atoms. The summed E-state index contributed by atoms with van der Waals surface area (Å²) in [5.74, 6) is -1.77. The van der Waals surface area contributed by atoms with Crippen molar-refractivity contribution in [1.82, 2.24) is 4.90 Å². The first-order valence-electron chi connectivity index (χ1n) is 9.34. The largest absolute Gasteiger partial charge is 0.463 e. The summed E-state index contributed by atoms with van der Waals surface area (Å²) >= 11 is 0. The molecule has 0 spiro atoms. The molecule has 1 aliphatic rings. The van der Waals surface area contributed by atoms with Crippen molar-refractivity contribution in [2.45, 2.75) is 78.0 Å². The topological polar surface area (TPSA) is 85.3 Å².